The van der Waals surface area contributed by atoms with E-state index in [1.54, 1.807) is 12.4 Å². The second kappa shape index (κ2) is 52.6. The van der Waals surface area contributed by atoms with Crippen LogP contribution < -0.4 is 0 Å². The molecule has 0 bridgehead atoms. The molecule has 3 aliphatic heterocycles. The first-order valence-electron chi connectivity index (χ1n) is 45.2. The monoisotopic (exact) mass is 1580 g/mol. The maximum absolute atomic E-state index is 9.29. The molecule has 0 atom stereocenters. The van der Waals surface area contributed by atoms with Crippen LogP contribution in [0.15, 0.2) is 110 Å². The molecule has 0 spiro atoms. The fourth-order valence-electron chi connectivity index (χ4n) is 15.0. The van der Waals surface area contributed by atoms with Crippen molar-refractivity contribution >= 4 is 0 Å². The lowest BCUT2D eigenvalue weighted by Gasteiger charge is -2.37. The SMILES string of the molecule is CC(C)(C)C1CCC(O)CC1.CC(C)(C)CC1CCCCC1.CC(C)(C)CCN1CCOCC1.CC(C)(C)Cc1ccccc1.CC(C)(C)Cc1ccccn1.CC(C)(C)Cc1ncccn1.CN1CCC(C(C)(C)C)CC1.CN1CCC(CC(C)(C)C)CC1.Cc1ccc(CC(C)(C)C)cc1.Cc1cnc(CC(C)(C)C)cn1. The number of hydrogen-bond acceptors (Lipinski definition) is 10. The number of nitrogens with zero attached hydrogens (tertiary/aromatic N) is 8. The summed E-state index contributed by atoms with van der Waals surface area (Å²) in [4.78, 5) is 28.4. The molecule has 3 saturated heterocycles. The predicted octanol–water partition coefficient (Wildman–Crippen LogP) is 27.4. The Morgan fingerprint density at radius 2 is 0.772 bits per heavy atom. The number of piperidine rings is 2. The van der Waals surface area contributed by atoms with E-state index in [0.717, 1.165) is 112 Å². The molecule has 10 heteroatoms. The van der Waals surface area contributed by atoms with Crippen molar-refractivity contribution in [2.45, 2.75) is 363 Å². The standard InChI is InChI=1S/C12H18.C11H23N.C11H22.C11H16.C10H16N2.C10H21NO.C10H21N.C10H15N.C10H20O.C9H14N2/c1-10-5-7-11(8-6-10)9-12(2,3)4;1-11(2,3)9-10-5-7-12(4)8-6-10;2*1-11(2,3)9-10-7-5-4-6-8-10;1-8-6-12-9(7-11-8)5-10(2,3)4;1-10(2,3)4-5-11-6-8-12-9-7-11;1-10(2,3)9-5-7-11(4)8-6-9;1-10(2,3)8-9-6-4-5-7-11-9;1-10(2,3)8-4-6-9(11)7-5-8;1-9(2,3)7-8-10-5-4-6-11-8/h5-8H,9H2,1-4H3;10H,5-9H2,1-4H3;10H,4-9H2,1-3H3;4-8H,9H2,1-3H3;6-7H,5H2,1-4H3;4-9H2,1-3H3;9H,5-8H2,1-4H3;4-7H,8H2,1-3H3;8-9,11H,4-7H2,1-3H3;4-6H,7H2,1-3H3. The van der Waals surface area contributed by atoms with E-state index in [1.165, 1.54) is 145 Å². The van der Waals surface area contributed by atoms with Crippen LogP contribution in [0.25, 0.3) is 0 Å². The highest BCUT2D eigenvalue weighted by atomic mass is 16.5. The van der Waals surface area contributed by atoms with E-state index < -0.39 is 0 Å². The van der Waals surface area contributed by atoms with Gasteiger partial charge < -0.3 is 19.6 Å². The minimum atomic E-state index is -0.00593. The molecule has 654 valence electrons. The Balaban J connectivity index is 0.000000633. The van der Waals surface area contributed by atoms with Crippen molar-refractivity contribution in [3.05, 3.63) is 149 Å². The molecule has 114 heavy (non-hydrogen) atoms. The lowest BCUT2D eigenvalue weighted by atomic mass is 9.72. The molecule has 5 fully saturated rings. The molecule has 2 aliphatic carbocycles. The molecule has 0 radical (unpaired) electrons. The number of aromatic nitrogens is 5. The van der Waals surface area contributed by atoms with E-state index in [-0.39, 0.29) is 11.5 Å². The lowest BCUT2D eigenvalue weighted by molar-refractivity contribution is 0.0333. The van der Waals surface area contributed by atoms with Crippen LogP contribution in [-0.2, 0) is 36.8 Å². The number of likely N-dealkylation sites (tertiary alicyclic amines) is 2. The van der Waals surface area contributed by atoms with Gasteiger partial charge in [0.2, 0.25) is 0 Å². The Morgan fingerprint density at radius 1 is 0.360 bits per heavy atom. The number of pyridine rings is 1. The molecular formula is C104H186N8O2. The number of aryl methyl sites for hydroxylation is 2. The van der Waals surface area contributed by atoms with Crippen LogP contribution in [0.1, 0.15) is 350 Å². The number of aliphatic hydroxyl groups excluding tert-OH is 1. The quantitative estimate of drug-likeness (QED) is 0.153. The highest BCUT2D eigenvalue weighted by Crippen LogP contribution is 2.39. The molecule has 10 nitrogen and oxygen atoms in total. The van der Waals surface area contributed by atoms with Gasteiger partial charge in [0.25, 0.3) is 0 Å². The fourth-order valence-corrected chi connectivity index (χ4v) is 15.0. The summed E-state index contributed by atoms with van der Waals surface area (Å²) in [5.74, 6) is 4.73. The largest absolute Gasteiger partial charge is 0.393 e. The van der Waals surface area contributed by atoms with Gasteiger partial charge in [-0.1, -0.05) is 306 Å². The van der Waals surface area contributed by atoms with Crippen LogP contribution in [0.5, 0.6) is 0 Å². The predicted molar refractivity (Wildman–Crippen MR) is 500 cm³/mol. The zero-order chi connectivity index (χ0) is 86.8. The minimum Gasteiger partial charge on any atom is -0.393 e. The van der Waals surface area contributed by atoms with Gasteiger partial charge in [0.1, 0.15) is 5.82 Å². The molecule has 6 heterocycles. The summed E-state index contributed by atoms with van der Waals surface area (Å²) in [6.45, 7) is 83.1. The summed E-state index contributed by atoms with van der Waals surface area (Å²) in [6.07, 6.45) is 36.0. The number of morpholine rings is 1. The normalized spacial score (nSPS) is 18.2. The van der Waals surface area contributed by atoms with E-state index in [0.29, 0.717) is 48.7 Å². The summed E-state index contributed by atoms with van der Waals surface area (Å²) in [5, 5.41) is 9.29. The number of aliphatic hydroxyl groups is 1. The van der Waals surface area contributed by atoms with Gasteiger partial charge in [0.05, 0.1) is 30.7 Å². The van der Waals surface area contributed by atoms with Gasteiger partial charge in [0, 0.05) is 56.2 Å². The van der Waals surface area contributed by atoms with Crippen LogP contribution >= 0.6 is 0 Å². The van der Waals surface area contributed by atoms with Crippen LogP contribution in [0.4, 0.5) is 0 Å². The first-order valence-corrected chi connectivity index (χ1v) is 45.2. The summed E-state index contributed by atoms with van der Waals surface area (Å²) in [7, 11) is 4.45. The summed E-state index contributed by atoms with van der Waals surface area (Å²) < 4.78 is 5.29. The van der Waals surface area contributed by atoms with E-state index >= 15 is 0 Å². The molecule has 0 unspecified atom stereocenters. The van der Waals surface area contributed by atoms with Gasteiger partial charge in [-0.3, -0.25) is 19.9 Å². The summed E-state index contributed by atoms with van der Waals surface area (Å²) in [6, 6.07) is 27.3. The Labute approximate surface area is 708 Å². The van der Waals surface area contributed by atoms with Crippen LogP contribution in [0.2, 0.25) is 0 Å². The van der Waals surface area contributed by atoms with Crippen LogP contribution in [0.3, 0.4) is 0 Å². The van der Waals surface area contributed by atoms with E-state index in [4.69, 9.17) is 4.74 Å². The maximum Gasteiger partial charge on any atom is 0.128 e. The zero-order valence-electron chi connectivity index (χ0n) is 81.4. The highest BCUT2D eigenvalue weighted by Gasteiger charge is 2.30. The number of ether oxygens (including phenoxy) is 1. The molecule has 5 aliphatic rings. The van der Waals surface area contributed by atoms with Gasteiger partial charge >= 0.3 is 0 Å². The number of hydrogen-bond donors (Lipinski definition) is 1. The van der Waals surface area contributed by atoms with Gasteiger partial charge in [0.15, 0.2) is 0 Å². The smallest absolute Gasteiger partial charge is 0.128 e. The molecule has 2 saturated carbocycles. The van der Waals surface area contributed by atoms with Crippen molar-refractivity contribution in [3.8, 4) is 0 Å². The Morgan fingerprint density at radius 3 is 1.18 bits per heavy atom. The van der Waals surface area contributed by atoms with Crippen molar-refractivity contribution in [1.29, 1.82) is 0 Å². The minimum absolute atomic E-state index is 0.00593. The first kappa shape index (κ1) is 108. The highest BCUT2D eigenvalue weighted by molar-refractivity contribution is 5.22. The second-order valence-electron chi connectivity index (χ2n) is 46.7. The Hall–Kier alpha value is -4.45. The average molecular weight is 1580 g/mol. The number of benzene rings is 2. The van der Waals surface area contributed by atoms with Crippen molar-refractivity contribution in [2.75, 3.05) is 73.1 Å². The molecular weight excluding hydrogens is 1390 g/mol. The molecule has 5 aromatic rings. The third-order valence-corrected chi connectivity index (χ3v) is 21.2. The summed E-state index contributed by atoms with van der Waals surface area (Å²) >= 11 is 0. The fraction of sp³-hybridized carbons (Fsp3) is 0.760. The van der Waals surface area contributed by atoms with Gasteiger partial charge in [-0.05, 0) is 264 Å². The molecule has 1 N–H and O–H groups in total. The van der Waals surface area contributed by atoms with Gasteiger partial charge in [-0.15, -0.1) is 0 Å². The van der Waals surface area contributed by atoms with Crippen molar-refractivity contribution in [2.24, 2.45) is 77.8 Å². The Kier molecular flexibility index (Phi) is 49.6. The number of rotatable bonds is 9. The molecule has 10 rings (SSSR count). The van der Waals surface area contributed by atoms with Crippen LogP contribution in [0, 0.1) is 91.7 Å². The first-order chi connectivity index (χ1) is 52.3. The summed E-state index contributed by atoms with van der Waals surface area (Å²) in [5.41, 5.74) is 11.7. The molecule has 3 aromatic heterocycles. The molecule has 0 amide bonds. The van der Waals surface area contributed by atoms with E-state index in [9.17, 15) is 5.11 Å². The van der Waals surface area contributed by atoms with Gasteiger partial charge in [-0.2, -0.15) is 0 Å². The zero-order valence-corrected chi connectivity index (χ0v) is 81.4. The maximum atomic E-state index is 9.29. The topological polar surface area (TPSA) is 104 Å². The average Bonchev–Trinajstić information content (AvgIpc) is 0.877. The van der Waals surface area contributed by atoms with Crippen molar-refractivity contribution in [1.82, 2.24) is 39.6 Å². The lowest BCUT2D eigenvalue weighted by Crippen LogP contribution is -2.37. The van der Waals surface area contributed by atoms with Crippen molar-refractivity contribution in [3.63, 3.8) is 0 Å². The second-order valence-corrected chi connectivity index (χ2v) is 46.7. The molecule has 2 aromatic carbocycles. The van der Waals surface area contributed by atoms with E-state index in [1.807, 2.05) is 43.7 Å². The van der Waals surface area contributed by atoms with Gasteiger partial charge in [-0.25, -0.2) is 9.97 Å². The van der Waals surface area contributed by atoms with Crippen molar-refractivity contribution < 1.29 is 9.84 Å². The third kappa shape index (κ3) is 63.6. The van der Waals surface area contributed by atoms with Crippen LogP contribution in [-0.4, -0.2) is 124 Å². The van der Waals surface area contributed by atoms with E-state index in [2.05, 4.69) is 329 Å². The Bertz CT molecular complexity index is 2890. The third-order valence-electron chi connectivity index (χ3n) is 21.2.